The molecule has 2 heterocycles. The van der Waals surface area contributed by atoms with E-state index >= 15 is 4.39 Å². The highest BCUT2D eigenvalue weighted by Crippen LogP contribution is 2.32. The van der Waals surface area contributed by atoms with Crippen LogP contribution in [-0.2, 0) is 4.79 Å². The van der Waals surface area contributed by atoms with E-state index in [1.54, 1.807) is 6.92 Å². The van der Waals surface area contributed by atoms with Gasteiger partial charge in [0.25, 0.3) is 11.5 Å². The molecule has 12 heteroatoms. The minimum Gasteiger partial charge on any atom is -0.493 e. The van der Waals surface area contributed by atoms with Gasteiger partial charge in [-0.25, -0.2) is 18.2 Å². The van der Waals surface area contributed by atoms with Gasteiger partial charge < -0.3 is 20.1 Å². The van der Waals surface area contributed by atoms with Crippen LogP contribution in [0, 0.1) is 23.4 Å². The molecule has 1 fully saturated rings. The van der Waals surface area contributed by atoms with Crippen LogP contribution in [0.15, 0.2) is 71.8 Å². The highest BCUT2D eigenvalue weighted by Gasteiger charge is 2.30. The molecule has 0 radical (unpaired) electrons. The van der Waals surface area contributed by atoms with Crippen LogP contribution >= 0.6 is 0 Å². The molecular formula is C29H23F3N4O5. The first-order chi connectivity index (χ1) is 19.7. The fraction of sp³-hybridized carbons (Fsp3) is 0.172. The molecule has 4 aromatic rings. The molecule has 1 aliphatic carbocycles. The van der Waals surface area contributed by atoms with Crippen LogP contribution in [0.5, 0.6) is 17.2 Å². The van der Waals surface area contributed by atoms with Crippen LogP contribution in [0.4, 0.5) is 24.7 Å². The van der Waals surface area contributed by atoms with E-state index in [4.69, 9.17) is 9.47 Å². The zero-order valence-corrected chi connectivity index (χ0v) is 21.6. The average molecular weight is 565 g/mol. The molecule has 0 spiro atoms. The standard InChI is InChI=1S/C29H23F3N4O5/c1-2-40-23-10-12-36(18-7-5-17(30)6-8-18)29(39)26(23)28(38)34-22-14-21(32)24(15-20(22)31)41-19-9-11-33-25(13-19)35-27(37)16-3-4-16/h5-16H,2-4H2,1H3,(H,34,38)(H,33,35,37). The van der Waals surface area contributed by atoms with Crippen molar-refractivity contribution in [2.45, 2.75) is 19.8 Å². The van der Waals surface area contributed by atoms with Crippen molar-refractivity contribution >= 4 is 23.3 Å². The number of pyridine rings is 2. The third kappa shape index (κ3) is 6.21. The quantitative estimate of drug-likeness (QED) is 0.280. The summed E-state index contributed by atoms with van der Waals surface area (Å²) < 4.78 is 55.3. The second-order valence-electron chi connectivity index (χ2n) is 9.10. The molecule has 5 rings (SSSR count). The van der Waals surface area contributed by atoms with Gasteiger partial charge in [0, 0.05) is 42.2 Å². The van der Waals surface area contributed by atoms with E-state index in [0.29, 0.717) is 6.07 Å². The van der Waals surface area contributed by atoms with Crippen molar-refractivity contribution < 1.29 is 32.2 Å². The van der Waals surface area contributed by atoms with Gasteiger partial charge in [0.1, 0.15) is 28.7 Å². The third-order valence-corrected chi connectivity index (χ3v) is 6.11. The predicted octanol–water partition coefficient (Wildman–Crippen LogP) is 5.44. The van der Waals surface area contributed by atoms with Gasteiger partial charge >= 0.3 is 0 Å². The van der Waals surface area contributed by atoms with Gasteiger partial charge in [0.05, 0.1) is 12.3 Å². The number of carbonyl (C=O) groups excluding carboxylic acids is 2. The summed E-state index contributed by atoms with van der Waals surface area (Å²) in [6, 6.07) is 10.6. The molecule has 0 bridgehead atoms. The molecule has 2 aromatic heterocycles. The van der Waals surface area contributed by atoms with Crippen LogP contribution in [0.25, 0.3) is 5.69 Å². The Morgan fingerprint density at radius 2 is 1.73 bits per heavy atom. The van der Waals surface area contributed by atoms with Crippen molar-refractivity contribution in [1.29, 1.82) is 0 Å². The minimum atomic E-state index is -1.05. The Balaban J connectivity index is 1.38. The summed E-state index contributed by atoms with van der Waals surface area (Å²) in [5.74, 6) is -4.12. The number of amides is 2. The SMILES string of the molecule is CCOc1ccn(-c2ccc(F)cc2)c(=O)c1C(=O)Nc1cc(F)c(Oc2ccnc(NC(=O)C3CC3)c2)cc1F. The van der Waals surface area contributed by atoms with E-state index < -0.39 is 45.9 Å². The number of rotatable bonds is 9. The molecule has 41 heavy (non-hydrogen) atoms. The van der Waals surface area contributed by atoms with Crippen LogP contribution in [0.2, 0.25) is 0 Å². The molecule has 1 aliphatic rings. The van der Waals surface area contributed by atoms with Crippen molar-refractivity contribution in [3.8, 4) is 22.9 Å². The first-order valence-electron chi connectivity index (χ1n) is 12.6. The fourth-order valence-electron chi connectivity index (χ4n) is 3.94. The first-order valence-corrected chi connectivity index (χ1v) is 12.6. The Bertz CT molecular complexity index is 1690. The van der Waals surface area contributed by atoms with Gasteiger partial charge in [-0.15, -0.1) is 0 Å². The summed E-state index contributed by atoms with van der Waals surface area (Å²) >= 11 is 0. The number of nitrogens with zero attached hydrogens (tertiary/aromatic N) is 2. The van der Waals surface area contributed by atoms with Gasteiger partial charge in [-0.3, -0.25) is 19.0 Å². The van der Waals surface area contributed by atoms with E-state index in [1.165, 1.54) is 42.7 Å². The molecule has 2 aromatic carbocycles. The van der Waals surface area contributed by atoms with E-state index in [0.717, 1.165) is 35.6 Å². The fourth-order valence-corrected chi connectivity index (χ4v) is 3.94. The van der Waals surface area contributed by atoms with Gasteiger partial charge in [-0.05, 0) is 56.2 Å². The van der Waals surface area contributed by atoms with Gasteiger partial charge in [0.2, 0.25) is 5.91 Å². The number of carbonyl (C=O) groups is 2. The molecule has 0 aliphatic heterocycles. The van der Waals surface area contributed by atoms with Crippen molar-refractivity contribution in [2.24, 2.45) is 5.92 Å². The maximum atomic E-state index is 15.0. The second-order valence-corrected chi connectivity index (χ2v) is 9.10. The molecule has 1 saturated carbocycles. The topological polar surface area (TPSA) is 112 Å². The second kappa shape index (κ2) is 11.5. The maximum Gasteiger partial charge on any atom is 0.271 e. The van der Waals surface area contributed by atoms with Gasteiger partial charge in [-0.1, -0.05) is 0 Å². The van der Waals surface area contributed by atoms with E-state index in [2.05, 4.69) is 15.6 Å². The van der Waals surface area contributed by atoms with Crippen molar-refractivity contribution in [3.05, 3.63) is 100 Å². The highest BCUT2D eigenvalue weighted by atomic mass is 19.1. The van der Waals surface area contributed by atoms with E-state index in [1.807, 2.05) is 0 Å². The summed E-state index contributed by atoms with van der Waals surface area (Å²) in [7, 11) is 0. The van der Waals surface area contributed by atoms with Crippen LogP contribution in [0.3, 0.4) is 0 Å². The number of nitrogens with one attached hydrogen (secondary N) is 2. The van der Waals surface area contributed by atoms with Gasteiger partial charge in [0.15, 0.2) is 17.4 Å². The summed E-state index contributed by atoms with van der Waals surface area (Å²) in [5.41, 5.74) is -1.55. The van der Waals surface area contributed by atoms with Crippen LogP contribution < -0.4 is 25.7 Å². The molecule has 210 valence electrons. The number of benzene rings is 2. The lowest BCUT2D eigenvalue weighted by Gasteiger charge is -2.14. The Morgan fingerprint density at radius 1 is 0.976 bits per heavy atom. The zero-order valence-electron chi connectivity index (χ0n) is 21.6. The van der Waals surface area contributed by atoms with Crippen molar-refractivity contribution in [1.82, 2.24) is 9.55 Å². The molecule has 2 N–H and O–H groups in total. The molecule has 0 atom stereocenters. The molecule has 2 amide bonds. The highest BCUT2D eigenvalue weighted by molar-refractivity contribution is 6.06. The minimum absolute atomic E-state index is 0.0537. The number of halogens is 3. The number of aromatic nitrogens is 2. The first kappa shape index (κ1) is 27.4. The Morgan fingerprint density at radius 3 is 2.44 bits per heavy atom. The molecule has 0 saturated heterocycles. The third-order valence-electron chi connectivity index (χ3n) is 6.11. The predicted molar refractivity (Wildman–Crippen MR) is 143 cm³/mol. The monoisotopic (exact) mass is 564 g/mol. The Labute approximate surface area is 231 Å². The lowest BCUT2D eigenvalue weighted by atomic mass is 10.2. The van der Waals surface area contributed by atoms with Gasteiger partial charge in [-0.2, -0.15) is 0 Å². The maximum absolute atomic E-state index is 15.0. The Kier molecular flexibility index (Phi) is 7.72. The largest absolute Gasteiger partial charge is 0.493 e. The summed E-state index contributed by atoms with van der Waals surface area (Å²) in [4.78, 5) is 42.4. The van der Waals surface area contributed by atoms with Crippen molar-refractivity contribution in [2.75, 3.05) is 17.2 Å². The average Bonchev–Trinajstić information content (AvgIpc) is 3.79. The van der Waals surface area contributed by atoms with Crippen LogP contribution in [-0.4, -0.2) is 28.0 Å². The van der Waals surface area contributed by atoms with E-state index in [-0.39, 0.29) is 41.4 Å². The van der Waals surface area contributed by atoms with Crippen LogP contribution in [0.1, 0.15) is 30.1 Å². The molecule has 9 nitrogen and oxygen atoms in total. The smallest absolute Gasteiger partial charge is 0.271 e. The number of hydrogen-bond donors (Lipinski definition) is 2. The summed E-state index contributed by atoms with van der Waals surface area (Å²) in [6.07, 6.45) is 4.30. The lowest BCUT2D eigenvalue weighted by Crippen LogP contribution is -2.29. The molecule has 0 unspecified atom stereocenters. The molecular weight excluding hydrogens is 541 g/mol. The number of ether oxygens (including phenoxy) is 2. The Hall–Kier alpha value is -5.13. The summed E-state index contributed by atoms with van der Waals surface area (Å²) in [5, 5.41) is 4.85. The number of anilines is 2. The summed E-state index contributed by atoms with van der Waals surface area (Å²) in [6.45, 7) is 1.77. The normalized spacial score (nSPS) is 12.5. The lowest BCUT2D eigenvalue weighted by molar-refractivity contribution is -0.117. The zero-order chi connectivity index (χ0) is 29.1. The van der Waals surface area contributed by atoms with E-state index in [9.17, 15) is 23.2 Å². The number of hydrogen-bond acceptors (Lipinski definition) is 6. The van der Waals surface area contributed by atoms with Crippen molar-refractivity contribution in [3.63, 3.8) is 0 Å².